The van der Waals surface area contributed by atoms with Crippen LogP contribution in [0, 0.1) is 0 Å². The number of pyridine rings is 1. The summed E-state index contributed by atoms with van der Waals surface area (Å²) in [5.41, 5.74) is 0. The van der Waals surface area contributed by atoms with Crippen molar-refractivity contribution in [2.24, 2.45) is 0 Å². The second-order valence-corrected chi connectivity index (χ2v) is 5.00. The van der Waals surface area contributed by atoms with Gasteiger partial charge in [0.25, 0.3) is 0 Å². The Morgan fingerprint density at radius 1 is 1.61 bits per heavy atom. The molecule has 0 bridgehead atoms. The lowest BCUT2D eigenvalue weighted by molar-refractivity contribution is 0.106. The molecule has 1 aliphatic heterocycles. The van der Waals surface area contributed by atoms with Gasteiger partial charge in [0.05, 0.1) is 17.3 Å². The molecule has 4 nitrogen and oxygen atoms in total. The average Bonchev–Trinajstić information content (AvgIpc) is 2.82. The van der Waals surface area contributed by atoms with Crippen LogP contribution in [0.3, 0.4) is 0 Å². The number of hydrogen-bond donors (Lipinski definition) is 1. The van der Waals surface area contributed by atoms with E-state index < -0.39 is 0 Å². The molecule has 2 atom stereocenters. The van der Waals surface area contributed by atoms with Gasteiger partial charge in [0.15, 0.2) is 0 Å². The predicted octanol–water partition coefficient (Wildman–Crippen LogP) is 2.27. The van der Waals surface area contributed by atoms with Crippen LogP contribution in [0.25, 0.3) is 0 Å². The molecule has 5 heteroatoms. The van der Waals surface area contributed by atoms with E-state index in [-0.39, 0.29) is 6.10 Å². The van der Waals surface area contributed by atoms with E-state index in [1.165, 1.54) is 6.42 Å². The number of ether oxygens (including phenoxy) is 2. The van der Waals surface area contributed by atoms with E-state index in [9.17, 15) is 0 Å². The first-order chi connectivity index (χ1) is 8.74. The summed E-state index contributed by atoms with van der Waals surface area (Å²) < 4.78 is 11.2. The lowest BCUT2D eigenvalue weighted by Crippen LogP contribution is -2.34. The van der Waals surface area contributed by atoms with Gasteiger partial charge >= 0.3 is 0 Å². The molecule has 0 radical (unpaired) electrons. The summed E-state index contributed by atoms with van der Waals surface area (Å²) in [4.78, 5) is 3.98. The van der Waals surface area contributed by atoms with Crippen LogP contribution in [-0.4, -0.2) is 36.9 Å². The SMILES string of the molecule is CC(CNCC1CCCO1)Oc1cncc(Cl)c1. The predicted molar refractivity (Wildman–Crippen MR) is 71.2 cm³/mol. The monoisotopic (exact) mass is 270 g/mol. The van der Waals surface area contributed by atoms with Gasteiger partial charge in [0.2, 0.25) is 0 Å². The quantitative estimate of drug-likeness (QED) is 0.861. The molecule has 1 N–H and O–H groups in total. The van der Waals surface area contributed by atoms with E-state index in [0.29, 0.717) is 16.9 Å². The van der Waals surface area contributed by atoms with Crippen LogP contribution in [0.2, 0.25) is 5.02 Å². The average molecular weight is 271 g/mol. The Kier molecular flexibility index (Phi) is 5.23. The van der Waals surface area contributed by atoms with Crippen molar-refractivity contribution < 1.29 is 9.47 Å². The van der Waals surface area contributed by atoms with Gasteiger partial charge in [-0.1, -0.05) is 11.6 Å². The summed E-state index contributed by atoms with van der Waals surface area (Å²) >= 11 is 5.84. The Hall–Kier alpha value is -0.840. The zero-order valence-corrected chi connectivity index (χ0v) is 11.3. The Bertz CT molecular complexity index is 370. The fourth-order valence-corrected chi connectivity index (χ4v) is 2.15. The molecular weight excluding hydrogens is 252 g/mol. The molecule has 2 heterocycles. The first-order valence-electron chi connectivity index (χ1n) is 6.33. The topological polar surface area (TPSA) is 43.4 Å². The molecule has 18 heavy (non-hydrogen) atoms. The Balaban J connectivity index is 1.66. The third-order valence-electron chi connectivity index (χ3n) is 2.84. The summed E-state index contributed by atoms with van der Waals surface area (Å²) in [6.45, 7) is 4.59. The summed E-state index contributed by atoms with van der Waals surface area (Å²) in [7, 11) is 0. The van der Waals surface area contributed by atoms with Crippen molar-refractivity contribution in [1.82, 2.24) is 10.3 Å². The number of nitrogens with one attached hydrogen (secondary N) is 1. The summed E-state index contributed by atoms with van der Waals surface area (Å²) in [6.07, 6.45) is 6.03. The van der Waals surface area contributed by atoms with Crippen LogP contribution in [-0.2, 0) is 4.74 Å². The number of nitrogens with zero attached hydrogens (tertiary/aromatic N) is 1. The van der Waals surface area contributed by atoms with Gasteiger partial charge in [-0.2, -0.15) is 0 Å². The van der Waals surface area contributed by atoms with Gasteiger partial charge in [0, 0.05) is 32.0 Å². The highest BCUT2D eigenvalue weighted by molar-refractivity contribution is 6.30. The fraction of sp³-hybridized carbons (Fsp3) is 0.615. The number of halogens is 1. The lowest BCUT2D eigenvalue weighted by Gasteiger charge is -2.17. The maximum Gasteiger partial charge on any atom is 0.139 e. The molecule has 0 amide bonds. The van der Waals surface area contributed by atoms with Crippen molar-refractivity contribution in [3.63, 3.8) is 0 Å². The van der Waals surface area contributed by atoms with Crippen LogP contribution in [0.4, 0.5) is 0 Å². The molecule has 2 unspecified atom stereocenters. The third kappa shape index (κ3) is 4.44. The molecule has 2 rings (SSSR count). The summed E-state index contributed by atoms with van der Waals surface area (Å²) in [6, 6.07) is 1.77. The van der Waals surface area contributed by atoms with E-state index in [1.807, 2.05) is 6.92 Å². The lowest BCUT2D eigenvalue weighted by atomic mass is 10.2. The van der Waals surface area contributed by atoms with Gasteiger partial charge in [-0.3, -0.25) is 4.98 Å². The summed E-state index contributed by atoms with van der Waals surface area (Å²) in [5.74, 6) is 0.703. The first-order valence-corrected chi connectivity index (χ1v) is 6.71. The number of aromatic nitrogens is 1. The minimum atomic E-state index is 0.0756. The van der Waals surface area contributed by atoms with Crippen molar-refractivity contribution in [3.05, 3.63) is 23.5 Å². The van der Waals surface area contributed by atoms with Crippen molar-refractivity contribution in [1.29, 1.82) is 0 Å². The number of rotatable bonds is 6. The van der Waals surface area contributed by atoms with Gasteiger partial charge in [-0.05, 0) is 19.8 Å². The van der Waals surface area contributed by atoms with Gasteiger partial charge in [-0.15, -0.1) is 0 Å². The highest BCUT2D eigenvalue weighted by Gasteiger charge is 2.15. The maximum atomic E-state index is 5.84. The molecule has 1 saturated heterocycles. The van der Waals surface area contributed by atoms with E-state index in [2.05, 4.69) is 10.3 Å². The minimum Gasteiger partial charge on any atom is -0.488 e. The molecule has 100 valence electrons. The van der Waals surface area contributed by atoms with Gasteiger partial charge in [-0.25, -0.2) is 0 Å². The van der Waals surface area contributed by atoms with Crippen molar-refractivity contribution in [3.8, 4) is 5.75 Å². The maximum absolute atomic E-state index is 5.84. The number of hydrogen-bond acceptors (Lipinski definition) is 4. The fourth-order valence-electron chi connectivity index (χ4n) is 1.98. The second kappa shape index (κ2) is 6.92. The molecule has 0 aromatic carbocycles. The molecule has 1 aromatic heterocycles. The Morgan fingerprint density at radius 3 is 3.22 bits per heavy atom. The highest BCUT2D eigenvalue weighted by Crippen LogP contribution is 2.16. The zero-order chi connectivity index (χ0) is 12.8. The molecule has 0 spiro atoms. The second-order valence-electron chi connectivity index (χ2n) is 4.56. The van der Waals surface area contributed by atoms with Crippen LogP contribution in [0.15, 0.2) is 18.5 Å². The van der Waals surface area contributed by atoms with Gasteiger partial charge in [0.1, 0.15) is 11.9 Å². The van der Waals surface area contributed by atoms with E-state index in [1.54, 1.807) is 18.5 Å². The smallest absolute Gasteiger partial charge is 0.139 e. The van der Waals surface area contributed by atoms with E-state index in [0.717, 1.165) is 26.1 Å². The van der Waals surface area contributed by atoms with Gasteiger partial charge < -0.3 is 14.8 Å². The van der Waals surface area contributed by atoms with Crippen LogP contribution in [0.1, 0.15) is 19.8 Å². The molecule has 1 fully saturated rings. The highest BCUT2D eigenvalue weighted by atomic mass is 35.5. The zero-order valence-electron chi connectivity index (χ0n) is 10.6. The van der Waals surface area contributed by atoms with Crippen LogP contribution >= 0.6 is 11.6 Å². The first kappa shape index (κ1) is 13.6. The molecular formula is C13H19ClN2O2. The molecule has 0 aliphatic carbocycles. The normalized spacial score (nSPS) is 20.9. The van der Waals surface area contributed by atoms with Crippen molar-refractivity contribution in [2.75, 3.05) is 19.7 Å². The van der Waals surface area contributed by atoms with Crippen LogP contribution in [0.5, 0.6) is 5.75 Å². The molecule has 1 aliphatic rings. The minimum absolute atomic E-state index is 0.0756. The Morgan fingerprint density at radius 2 is 2.50 bits per heavy atom. The van der Waals surface area contributed by atoms with Crippen LogP contribution < -0.4 is 10.1 Å². The molecule has 1 aromatic rings. The van der Waals surface area contributed by atoms with E-state index >= 15 is 0 Å². The third-order valence-corrected chi connectivity index (χ3v) is 3.05. The molecule has 0 saturated carbocycles. The van der Waals surface area contributed by atoms with Crippen molar-refractivity contribution >= 4 is 11.6 Å². The standard InChI is InChI=1S/C13H19ClN2O2/c1-10(6-15-8-12-3-2-4-17-12)18-13-5-11(14)7-16-9-13/h5,7,9-10,12,15H,2-4,6,8H2,1H3. The largest absolute Gasteiger partial charge is 0.488 e. The summed E-state index contributed by atoms with van der Waals surface area (Å²) in [5, 5.41) is 3.95. The van der Waals surface area contributed by atoms with E-state index in [4.69, 9.17) is 21.1 Å². The van der Waals surface area contributed by atoms with Crippen molar-refractivity contribution in [2.45, 2.75) is 32.0 Å². The Labute approximate surface area is 113 Å².